The van der Waals surface area contributed by atoms with Crippen molar-refractivity contribution in [1.82, 2.24) is 5.32 Å². The van der Waals surface area contributed by atoms with Crippen LogP contribution in [0.15, 0.2) is 36.9 Å². The van der Waals surface area contributed by atoms with Crippen molar-refractivity contribution in [3.63, 3.8) is 0 Å². The van der Waals surface area contributed by atoms with Gasteiger partial charge < -0.3 is 5.32 Å². The zero-order chi connectivity index (χ0) is 14.0. The lowest BCUT2D eigenvalue weighted by molar-refractivity contribution is -0.138. The van der Waals surface area contributed by atoms with E-state index in [9.17, 15) is 18.0 Å². The van der Waals surface area contributed by atoms with E-state index in [1.807, 2.05) is 0 Å². The van der Waals surface area contributed by atoms with Gasteiger partial charge in [0.2, 0.25) is 5.91 Å². The fourth-order valence-electron chi connectivity index (χ4n) is 2.21. The predicted octanol–water partition coefficient (Wildman–Crippen LogP) is 3.11. The number of rotatable bonds is 4. The first kappa shape index (κ1) is 13.6. The molecule has 2 atom stereocenters. The van der Waals surface area contributed by atoms with Gasteiger partial charge in [-0.1, -0.05) is 24.3 Å². The van der Waals surface area contributed by atoms with Crippen LogP contribution in [-0.2, 0) is 11.0 Å². The van der Waals surface area contributed by atoms with Gasteiger partial charge in [0.15, 0.2) is 0 Å². The van der Waals surface area contributed by atoms with Gasteiger partial charge in [-0.25, -0.2) is 0 Å². The Hall–Kier alpha value is -1.78. The first-order valence-electron chi connectivity index (χ1n) is 6.00. The summed E-state index contributed by atoms with van der Waals surface area (Å²) in [6.07, 6.45) is -2.36. The minimum Gasteiger partial charge on any atom is -0.352 e. The maximum absolute atomic E-state index is 12.9. The van der Waals surface area contributed by atoms with Crippen LogP contribution in [0, 0.1) is 5.92 Å². The summed E-state index contributed by atoms with van der Waals surface area (Å²) in [5, 5.41) is 2.61. The maximum Gasteiger partial charge on any atom is 0.416 e. The van der Waals surface area contributed by atoms with Crippen LogP contribution in [0.3, 0.4) is 0 Å². The van der Waals surface area contributed by atoms with E-state index in [0.717, 1.165) is 6.07 Å². The molecular weight excluding hydrogens is 255 g/mol. The zero-order valence-electron chi connectivity index (χ0n) is 10.2. The number of amides is 1. The number of carbonyl (C=O) groups is 1. The topological polar surface area (TPSA) is 29.1 Å². The molecular formula is C14H14F3NO. The highest BCUT2D eigenvalue weighted by molar-refractivity contribution is 5.83. The molecule has 0 aliphatic heterocycles. The molecule has 1 fully saturated rings. The third-order valence-electron chi connectivity index (χ3n) is 3.21. The molecule has 1 aromatic rings. The highest BCUT2D eigenvalue weighted by atomic mass is 19.4. The van der Waals surface area contributed by atoms with Crippen molar-refractivity contribution in [2.75, 3.05) is 6.54 Å². The second kappa shape index (κ2) is 5.07. The molecule has 1 aromatic carbocycles. The molecule has 19 heavy (non-hydrogen) atoms. The number of benzene rings is 1. The van der Waals surface area contributed by atoms with Gasteiger partial charge in [0.1, 0.15) is 0 Å². The minimum atomic E-state index is -4.37. The third kappa shape index (κ3) is 2.97. The first-order chi connectivity index (χ1) is 8.95. The van der Waals surface area contributed by atoms with Crippen molar-refractivity contribution in [2.45, 2.75) is 18.5 Å². The van der Waals surface area contributed by atoms with Gasteiger partial charge in [-0.2, -0.15) is 13.2 Å². The van der Waals surface area contributed by atoms with E-state index in [0.29, 0.717) is 13.0 Å². The summed E-state index contributed by atoms with van der Waals surface area (Å²) < 4.78 is 38.6. The summed E-state index contributed by atoms with van der Waals surface area (Å²) in [5.74, 6) is -0.895. The molecule has 2 nitrogen and oxygen atoms in total. The van der Waals surface area contributed by atoms with Crippen molar-refractivity contribution >= 4 is 5.91 Å². The normalized spacial score (nSPS) is 21.8. The Labute approximate surface area is 109 Å². The number of hydrogen-bond acceptors (Lipinski definition) is 1. The average molecular weight is 269 g/mol. The molecule has 0 heterocycles. The second-order valence-electron chi connectivity index (χ2n) is 4.57. The number of halogens is 3. The maximum atomic E-state index is 12.9. The number of hydrogen-bond donors (Lipinski definition) is 1. The van der Waals surface area contributed by atoms with Crippen LogP contribution in [0.1, 0.15) is 23.5 Å². The van der Waals surface area contributed by atoms with Gasteiger partial charge in [0.25, 0.3) is 0 Å². The Morgan fingerprint density at radius 3 is 2.74 bits per heavy atom. The largest absolute Gasteiger partial charge is 0.416 e. The van der Waals surface area contributed by atoms with Crippen LogP contribution < -0.4 is 5.32 Å². The molecule has 1 N–H and O–H groups in total. The molecule has 1 aliphatic rings. The Morgan fingerprint density at radius 2 is 2.11 bits per heavy atom. The van der Waals surface area contributed by atoms with Gasteiger partial charge in [0, 0.05) is 12.5 Å². The smallest absolute Gasteiger partial charge is 0.352 e. The lowest BCUT2D eigenvalue weighted by Gasteiger charge is -2.12. The molecule has 1 amide bonds. The van der Waals surface area contributed by atoms with E-state index < -0.39 is 11.7 Å². The predicted molar refractivity (Wildman–Crippen MR) is 65.5 cm³/mol. The van der Waals surface area contributed by atoms with E-state index in [4.69, 9.17) is 0 Å². The van der Waals surface area contributed by atoms with E-state index in [1.54, 1.807) is 12.1 Å². The molecule has 0 aromatic heterocycles. The summed E-state index contributed by atoms with van der Waals surface area (Å²) in [5.41, 5.74) is -0.423. The van der Waals surface area contributed by atoms with Crippen molar-refractivity contribution < 1.29 is 18.0 Å². The molecule has 0 saturated heterocycles. The molecule has 2 rings (SSSR count). The molecule has 1 aliphatic carbocycles. The Morgan fingerprint density at radius 1 is 1.42 bits per heavy atom. The lowest BCUT2D eigenvalue weighted by atomic mass is 10.0. The fraction of sp³-hybridized carbons (Fsp3) is 0.357. The third-order valence-corrected chi connectivity index (χ3v) is 3.21. The monoisotopic (exact) mass is 269 g/mol. The summed E-state index contributed by atoms with van der Waals surface area (Å²) in [6.45, 7) is 3.81. The van der Waals surface area contributed by atoms with Gasteiger partial charge in [0.05, 0.1) is 5.56 Å². The first-order valence-corrected chi connectivity index (χ1v) is 6.00. The highest BCUT2D eigenvalue weighted by Crippen LogP contribution is 2.50. The van der Waals surface area contributed by atoms with Gasteiger partial charge >= 0.3 is 6.18 Å². The van der Waals surface area contributed by atoms with E-state index in [2.05, 4.69) is 11.9 Å². The highest BCUT2D eigenvalue weighted by Gasteiger charge is 2.47. The van der Waals surface area contributed by atoms with Crippen molar-refractivity contribution in [1.29, 1.82) is 0 Å². The number of alkyl halides is 3. The second-order valence-corrected chi connectivity index (χ2v) is 4.57. The number of nitrogens with one attached hydrogen (secondary N) is 1. The summed E-state index contributed by atoms with van der Waals surface area (Å²) in [4.78, 5) is 11.7. The molecule has 0 spiro atoms. The van der Waals surface area contributed by atoms with Gasteiger partial charge in [-0.05, 0) is 24.0 Å². The van der Waals surface area contributed by atoms with Gasteiger partial charge in [-0.15, -0.1) is 6.58 Å². The van der Waals surface area contributed by atoms with Crippen molar-refractivity contribution in [3.8, 4) is 0 Å². The number of carbonyl (C=O) groups excluding carboxylic acids is 1. The van der Waals surface area contributed by atoms with Crippen LogP contribution in [0.4, 0.5) is 13.2 Å². The van der Waals surface area contributed by atoms with Gasteiger partial charge in [-0.3, -0.25) is 4.79 Å². The zero-order valence-corrected chi connectivity index (χ0v) is 10.2. The van der Waals surface area contributed by atoms with Crippen molar-refractivity contribution in [2.24, 2.45) is 5.92 Å². The SMILES string of the molecule is C=CCNC(=O)C1CC1c1ccccc1C(F)(F)F. The Balaban J connectivity index is 2.13. The van der Waals surface area contributed by atoms with Crippen LogP contribution in [-0.4, -0.2) is 12.5 Å². The van der Waals surface area contributed by atoms with Crippen LogP contribution in [0.2, 0.25) is 0 Å². The fourth-order valence-corrected chi connectivity index (χ4v) is 2.21. The summed E-state index contributed by atoms with van der Waals surface area (Å²) >= 11 is 0. The summed E-state index contributed by atoms with van der Waals surface area (Å²) in [6, 6.07) is 5.45. The molecule has 2 unspecified atom stereocenters. The van der Waals surface area contributed by atoms with E-state index in [1.165, 1.54) is 12.1 Å². The minimum absolute atomic E-state index is 0.207. The van der Waals surface area contributed by atoms with Crippen LogP contribution >= 0.6 is 0 Å². The van der Waals surface area contributed by atoms with E-state index in [-0.39, 0.29) is 23.3 Å². The molecule has 5 heteroatoms. The average Bonchev–Trinajstić information content (AvgIpc) is 3.15. The quantitative estimate of drug-likeness (QED) is 0.836. The lowest BCUT2D eigenvalue weighted by Crippen LogP contribution is -2.25. The van der Waals surface area contributed by atoms with E-state index >= 15 is 0 Å². The summed E-state index contributed by atoms with van der Waals surface area (Å²) in [7, 11) is 0. The van der Waals surface area contributed by atoms with Crippen molar-refractivity contribution in [3.05, 3.63) is 48.0 Å². The van der Waals surface area contributed by atoms with Crippen LogP contribution in [0.5, 0.6) is 0 Å². The Kier molecular flexibility index (Phi) is 3.64. The molecule has 0 bridgehead atoms. The molecule has 102 valence electrons. The standard InChI is InChI=1S/C14H14F3NO/c1-2-7-18-13(19)11-8-10(11)9-5-3-4-6-12(9)14(15,16)17/h2-6,10-11H,1,7-8H2,(H,18,19). The molecule has 0 radical (unpaired) electrons. The Bertz CT molecular complexity index is 496. The molecule has 1 saturated carbocycles. The van der Waals surface area contributed by atoms with Crippen LogP contribution in [0.25, 0.3) is 0 Å².